The van der Waals surface area contributed by atoms with Crippen molar-refractivity contribution in [2.24, 2.45) is 12.0 Å². The number of nitrogens with zero attached hydrogens (tertiary/aromatic N) is 3. The first-order valence-electron chi connectivity index (χ1n) is 7.39. The number of guanidine groups is 1. The van der Waals surface area contributed by atoms with Crippen molar-refractivity contribution in [3.8, 4) is 0 Å². The molecule has 2 N–H and O–H groups in total. The third-order valence-electron chi connectivity index (χ3n) is 3.30. The minimum absolute atomic E-state index is 0.285. The highest BCUT2D eigenvalue weighted by Crippen LogP contribution is 2.07. The SMILES string of the molecule is CN=C(NCCCOC1CCOC1)NCc1cnn(C)c1. The molecule has 0 aliphatic carbocycles. The van der Waals surface area contributed by atoms with Gasteiger partial charge in [0, 0.05) is 52.2 Å². The normalized spacial score (nSPS) is 19.0. The maximum absolute atomic E-state index is 5.71. The first-order valence-corrected chi connectivity index (χ1v) is 7.39. The predicted octanol–water partition coefficient (Wildman–Crippen LogP) is 0.281. The monoisotopic (exact) mass is 295 g/mol. The van der Waals surface area contributed by atoms with Crippen LogP contribution in [0.1, 0.15) is 18.4 Å². The summed E-state index contributed by atoms with van der Waals surface area (Å²) in [6.07, 6.45) is 6.08. The fourth-order valence-corrected chi connectivity index (χ4v) is 2.14. The fraction of sp³-hybridized carbons (Fsp3) is 0.714. The van der Waals surface area contributed by atoms with Gasteiger partial charge in [0.25, 0.3) is 0 Å². The summed E-state index contributed by atoms with van der Waals surface area (Å²) in [5, 5.41) is 10.7. The lowest BCUT2D eigenvalue weighted by Crippen LogP contribution is -2.37. The predicted molar refractivity (Wildman–Crippen MR) is 81.2 cm³/mol. The van der Waals surface area contributed by atoms with Crippen LogP contribution in [0.3, 0.4) is 0 Å². The second-order valence-corrected chi connectivity index (χ2v) is 5.08. The highest BCUT2D eigenvalue weighted by molar-refractivity contribution is 5.79. The lowest BCUT2D eigenvalue weighted by Gasteiger charge is -2.12. The molecule has 118 valence electrons. The summed E-state index contributed by atoms with van der Waals surface area (Å²) in [6.45, 7) is 3.86. The molecule has 1 saturated heterocycles. The molecule has 21 heavy (non-hydrogen) atoms. The largest absolute Gasteiger partial charge is 0.379 e. The quantitative estimate of drug-likeness (QED) is 0.429. The smallest absolute Gasteiger partial charge is 0.191 e. The van der Waals surface area contributed by atoms with Crippen molar-refractivity contribution < 1.29 is 9.47 Å². The standard InChI is InChI=1S/C14H25N5O2/c1-15-14(17-8-12-9-18-19(2)10-12)16-5-3-6-21-13-4-7-20-11-13/h9-10,13H,3-8,11H2,1-2H3,(H2,15,16,17). The van der Waals surface area contributed by atoms with Crippen LogP contribution in [0.2, 0.25) is 0 Å². The zero-order valence-electron chi connectivity index (χ0n) is 12.8. The summed E-state index contributed by atoms with van der Waals surface area (Å²) in [5.41, 5.74) is 1.13. The van der Waals surface area contributed by atoms with E-state index in [1.165, 1.54) is 0 Å². The molecule has 0 spiro atoms. The molecule has 1 aliphatic rings. The van der Waals surface area contributed by atoms with Crippen molar-refractivity contribution in [3.63, 3.8) is 0 Å². The van der Waals surface area contributed by atoms with Gasteiger partial charge in [0.15, 0.2) is 5.96 Å². The van der Waals surface area contributed by atoms with E-state index in [1.54, 1.807) is 11.7 Å². The second-order valence-electron chi connectivity index (χ2n) is 5.08. The van der Waals surface area contributed by atoms with Gasteiger partial charge in [-0.1, -0.05) is 0 Å². The van der Waals surface area contributed by atoms with Crippen LogP contribution >= 0.6 is 0 Å². The Balaban J connectivity index is 1.55. The zero-order chi connectivity index (χ0) is 14.9. The molecule has 0 saturated carbocycles. The van der Waals surface area contributed by atoms with E-state index in [-0.39, 0.29) is 6.10 Å². The molecule has 2 rings (SSSR count). The molecule has 0 aromatic carbocycles. The lowest BCUT2D eigenvalue weighted by atomic mass is 10.3. The minimum Gasteiger partial charge on any atom is -0.379 e. The molecular weight excluding hydrogens is 270 g/mol. The van der Waals surface area contributed by atoms with Gasteiger partial charge in [-0.05, 0) is 12.8 Å². The zero-order valence-corrected chi connectivity index (χ0v) is 12.8. The first kappa shape index (κ1) is 15.8. The molecular formula is C14H25N5O2. The number of rotatable bonds is 7. The van der Waals surface area contributed by atoms with Crippen molar-refractivity contribution >= 4 is 5.96 Å². The number of hydrogen-bond donors (Lipinski definition) is 2. The molecule has 1 fully saturated rings. The summed E-state index contributed by atoms with van der Waals surface area (Å²) >= 11 is 0. The number of aryl methyl sites for hydroxylation is 1. The maximum Gasteiger partial charge on any atom is 0.191 e. The van der Waals surface area contributed by atoms with Gasteiger partial charge in [0.05, 0.1) is 18.9 Å². The number of aliphatic imine (C=N–C) groups is 1. The Bertz CT molecular complexity index is 440. The Kier molecular flexibility index (Phi) is 6.49. The van der Waals surface area contributed by atoms with Gasteiger partial charge in [-0.15, -0.1) is 0 Å². The minimum atomic E-state index is 0.285. The summed E-state index contributed by atoms with van der Waals surface area (Å²) in [4.78, 5) is 4.19. The molecule has 0 bridgehead atoms. The second kappa shape index (κ2) is 8.63. The van der Waals surface area contributed by atoms with E-state index in [4.69, 9.17) is 9.47 Å². The Morgan fingerprint density at radius 2 is 2.48 bits per heavy atom. The van der Waals surface area contributed by atoms with Crippen molar-refractivity contribution in [1.82, 2.24) is 20.4 Å². The van der Waals surface area contributed by atoms with E-state index in [2.05, 4.69) is 20.7 Å². The van der Waals surface area contributed by atoms with Crippen LogP contribution in [0.15, 0.2) is 17.4 Å². The molecule has 1 aliphatic heterocycles. The van der Waals surface area contributed by atoms with Crippen molar-refractivity contribution in [2.75, 3.05) is 33.4 Å². The third-order valence-corrected chi connectivity index (χ3v) is 3.30. The van der Waals surface area contributed by atoms with Crippen molar-refractivity contribution in [2.45, 2.75) is 25.5 Å². The van der Waals surface area contributed by atoms with E-state index in [0.29, 0.717) is 6.54 Å². The molecule has 0 radical (unpaired) electrons. The van der Waals surface area contributed by atoms with Crippen LogP contribution in [0.5, 0.6) is 0 Å². The van der Waals surface area contributed by atoms with E-state index >= 15 is 0 Å². The molecule has 7 heteroatoms. The third kappa shape index (κ3) is 5.73. The summed E-state index contributed by atoms with van der Waals surface area (Å²) in [7, 11) is 3.68. The van der Waals surface area contributed by atoms with E-state index in [1.807, 2.05) is 19.4 Å². The average molecular weight is 295 g/mol. The van der Waals surface area contributed by atoms with Crippen LogP contribution in [-0.2, 0) is 23.1 Å². The van der Waals surface area contributed by atoms with Crippen LogP contribution in [0.4, 0.5) is 0 Å². The van der Waals surface area contributed by atoms with Crippen molar-refractivity contribution in [3.05, 3.63) is 18.0 Å². The molecule has 1 unspecified atom stereocenters. The van der Waals surface area contributed by atoms with Crippen LogP contribution in [-0.4, -0.2) is 55.3 Å². The van der Waals surface area contributed by atoms with Crippen LogP contribution in [0.25, 0.3) is 0 Å². The van der Waals surface area contributed by atoms with Gasteiger partial charge in [-0.2, -0.15) is 5.10 Å². The molecule has 1 atom stereocenters. The molecule has 7 nitrogen and oxygen atoms in total. The van der Waals surface area contributed by atoms with Gasteiger partial charge in [-0.25, -0.2) is 0 Å². The van der Waals surface area contributed by atoms with Gasteiger partial charge >= 0.3 is 0 Å². The highest BCUT2D eigenvalue weighted by atomic mass is 16.5. The number of aromatic nitrogens is 2. The maximum atomic E-state index is 5.71. The Hall–Kier alpha value is -1.60. The molecule has 1 aromatic heterocycles. The van der Waals surface area contributed by atoms with Gasteiger partial charge in [0.2, 0.25) is 0 Å². The molecule has 0 amide bonds. The average Bonchev–Trinajstić information content (AvgIpc) is 3.13. The van der Waals surface area contributed by atoms with E-state index < -0.39 is 0 Å². The van der Waals surface area contributed by atoms with Crippen LogP contribution in [0, 0.1) is 0 Å². The number of hydrogen-bond acceptors (Lipinski definition) is 4. The lowest BCUT2D eigenvalue weighted by molar-refractivity contribution is 0.0420. The van der Waals surface area contributed by atoms with E-state index in [9.17, 15) is 0 Å². The summed E-state index contributed by atoms with van der Waals surface area (Å²) in [5.74, 6) is 0.794. The van der Waals surface area contributed by atoms with Gasteiger partial charge < -0.3 is 20.1 Å². The van der Waals surface area contributed by atoms with Crippen molar-refractivity contribution in [1.29, 1.82) is 0 Å². The fourth-order valence-electron chi connectivity index (χ4n) is 2.14. The first-order chi connectivity index (χ1) is 10.3. The molecule has 1 aromatic rings. The summed E-state index contributed by atoms with van der Waals surface area (Å²) in [6, 6.07) is 0. The van der Waals surface area contributed by atoms with E-state index in [0.717, 1.165) is 50.7 Å². The van der Waals surface area contributed by atoms with Gasteiger partial charge in [0.1, 0.15) is 0 Å². The number of ether oxygens (including phenoxy) is 2. The Morgan fingerprint density at radius 1 is 1.57 bits per heavy atom. The summed E-state index contributed by atoms with van der Waals surface area (Å²) < 4.78 is 12.8. The molecule has 2 heterocycles. The highest BCUT2D eigenvalue weighted by Gasteiger charge is 2.15. The Labute approximate surface area is 125 Å². The van der Waals surface area contributed by atoms with Crippen LogP contribution < -0.4 is 10.6 Å². The Morgan fingerprint density at radius 3 is 3.14 bits per heavy atom. The van der Waals surface area contributed by atoms with Gasteiger partial charge in [-0.3, -0.25) is 9.67 Å². The topological polar surface area (TPSA) is 72.7 Å². The number of nitrogens with one attached hydrogen (secondary N) is 2.